The van der Waals surface area contributed by atoms with Crippen LogP contribution >= 0.6 is 0 Å². The van der Waals surface area contributed by atoms with Crippen molar-refractivity contribution in [1.29, 1.82) is 0 Å². The van der Waals surface area contributed by atoms with Gasteiger partial charge in [-0.1, -0.05) is 0 Å². The van der Waals surface area contributed by atoms with Crippen LogP contribution in [0.5, 0.6) is 0 Å². The number of amides is 2. The van der Waals surface area contributed by atoms with E-state index in [-0.39, 0.29) is 30.5 Å². The quantitative estimate of drug-likeness (QED) is 0.700. The minimum Gasteiger partial charge on any atom is -0.373 e. The Morgan fingerprint density at radius 1 is 1.14 bits per heavy atom. The van der Waals surface area contributed by atoms with Gasteiger partial charge in [0.05, 0.1) is 19.3 Å². The Bertz CT molecular complexity index is 455. The Kier molecular flexibility index (Phi) is 3.38. The maximum atomic E-state index is 12.5. The van der Waals surface area contributed by atoms with Crippen LogP contribution in [0.1, 0.15) is 25.7 Å². The first-order valence-corrected chi connectivity index (χ1v) is 8.16. The van der Waals surface area contributed by atoms with Crippen LogP contribution in [0, 0.1) is 0 Å². The zero-order valence-corrected chi connectivity index (χ0v) is 12.4. The molecular formula is C15H23N3O3. The van der Waals surface area contributed by atoms with Crippen molar-refractivity contribution in [3.05, 3.63) is 0 Å². The average molecular weight is 293 g/mol. The van der Waals surface area contributed by atoms with E-state index in [0.29, 0.717) is 12.6 Å². The zero-order chi connectivity index (χ0) is 14.4. The third kappa shape index (κ3) is 2.34. The topological polar surface area (TPSA) is 53.1 Å². The second-order valence-corrected chi connectivity index (χ2v) is 6.71. The molecule has 0 bridgehead atoms. The van der Waals surface area contributed by atoms with E-state index < -0.39 is 0 Å². The molecule has 6 nitrogen and oxygen atoms in total. The van der Waals surface area contributed by atoms with E-state index >= 15 is 0 Å². The van der Waals surface area contributed by atoms with E-state index in [1.54, 1.807) is 9.80 Å². The summed E-state index contributed by atoms with van der Waals surface area (Å²) in [6, 6.07) is 0.375. The minimum absolute atomic E-state index is 0.0593. The summed E-state index contributed by atoms with van der Waals surface area (Å²) in [5, 5.41) is 0. The van der Waals surface area contributed by atoms with Crippen LogP contribution in [0.15, 0.2) is 0 Å². The van der Waals surface area contributed by atoms with Gasteiger partial charge >= 0.3 is 0 Å². The zero-order valence-electron chi connectivity index (χ0n) is 12.4. The van der Waals surface area contributed by atoms with Gasteiger partial charge in [-0.05, 0) is 32.2 Å². The van der Waals surface area contributed by atoms with Crippen LogP contribution in [-0.4, -0.2) is 84.0 Å². The Morgan fingerprint density at radius 3 is 2.90 bits per heavy atom. The van der Waals surface area contributed by atoms with Gasteiger partial charge < -0.3 is 14.5 Å². The summed E-state index contributed by atoms with van der Waals surface area (Å²) in [7, 11) is 0. The standard InChI is InChI=1S/C15H23N3O3/c19-14-9-17(15(20)13-4-2-6-18(13)14)8-12-7-16-5-1-3-11(16)10-21-12/h11-13H,1-10H2. The Hall–Kier alpha value is -1.14. The lowest BCUT2D eigenvalue weighted by Gasteiger charge is -2.41. The number of nitrogens with zero attached hydrogens (tertiary/aromatic N) is 3. The molecule has 0 radical (unpaired) electrons. The predicted octanol–water partition coefficient (Wildman–Crippen LogP) is -0.317. The molecule has 0 aromatic carbocycles. The van der Waals surface area contributed by atoms with Crippen LogP contribution in [0.2, 0.25) is 0 Å². The number of carbonyl (C=O) groups is 2. The molecule has 3 unspecified atom stereocenters. The fraction of sp³-hybridized carbons (Fsp3) is 0.867. The average Bonchev–Trinajstić information content (AvgIpc) is 3.13. The largest absolute Gasteiger partial charge is 0.373 e. The third-order valence-electron chi connectivity index (χ3n) is 5.38. The predicted molar refractivity (Wildman–Crippen MR) is 75.7 cm³/mol. The van der Waals surface area contributed by atoms with Crippen molar-refractivity contribution in [3.8, 4) is 0 Å². The molecule has 0 N–H and O–H groups in total. The monoisotopic (exact) mass is 293 g/mol. The van der Waals surface area contributed by atoms with Gasteiger partial charge in [-0.2, -0.15) is 0 Å². The molecule has 0 aliphatic carbocycles. The summed E-state index contributed by atoms with van der Waals surface area (Å²) in [5.41, 5.74) is 0. The molecule has 6 heteroatoms. The molecule has 0 aromatic rings. The van der Waals surface area contributed by atoms with Gasteiger partial charge in [-0.15, -0.1) is 0 Å². The SMILES string of the molecule is O=C1C2CCCN2C(=O)CN1CC1CN2CCCC2CO1. The van der Waals surface area contributed by atoms with Crippen molar-refractivity contribution in [3.63, 3.8) is 0 Å². The summed E-state index contributed by atoms with van der Waals surface area (Å²) in [6.07, 6.45) is 4.31. The van der Waals surface area contributed by atoms with Gasteiger partial charge in [-0.3, -0.25) is 14.5 Å². The minimum atomic E-state index is -0.200. The lowest BCUT2D eigenvalue weighted by molar-refractivity contribution is -0.156. The lowest BCUT2D eigenvalue weighted by atomic mass is 10.1. The van der Waals surface area contributed by atoms with E-state index in [4.69, 9.17) is 4.74 Å². The molecular weight excluding hydrogens is 270 g/mol. The van der Waals surface area contributed by atoms with Crippen LogP contribution in [0.3, 0.4) is 0 Å². The van der Waals surface area contributed by atoms with Crippen LogP contribution < -0.4 is 0 Å². The number of morpholine rings is 1. The Balaban J connectivity index is 1.40. The summed E-state index contributed by atoms with van der Waals surface area (Å²) >= 11 is 0. The molecule has 4 heterocycles. The summed E-state index contributed by atoms with van der Waals surface area (Å²) in [5.74, 6) is 0.228. The number of ether oxygens (including phenoxy) is 1. The normalized spacial score (nSPS) is 37.0. The van der Waals surface area contributed by atoms with Crippen molar-refractivity contribution in [1.82, 2.24) is 14.7 Å². The molecule has 21 heavy (non-hydrogen) atoms. The van der Waals surface area contributed by atoms with Crippen molar-refractivity contribution in [2.75, 3.05) is 39.3 Å². The number of hydrogen-bond acceptors (Lipinski definition) is 4. The van der Waals surface area contributed by atoms with Crippen molar-refractivity contribution in [2.24, 2.45) is 0 Å². The van der Waals surface area contributed by atoms with E-state index in [1.165, 1.54) is 12.8 Å². The van der Waals surface area contributed by atoms with Gasteiger partial charge in [0.1, 0.15) is 6.04 Å². The smallest absolute Gasteiger partial charge is 0.245 e. The number of piperazine rings is 1. The first-order valence-electron chi connectivity index (χ1n) is 8.16. The van der Waals surface area contributed by atoms with Gasteiger partial charge in [0, 0.05) is 25.7 Å². The van der Waals surface area contributed by atoms with E-state index in [0.717, 1.165) is 39.1 Å². The lowest BCUT2D eigenvalue weighted by Crippen LogP contribution is -2.60. The Morgan fingerprint density at radius 2 is 2.00 bits per heavy atom. The van der Waals surface area contributed by atoms with Crippen LogP contribution in [0.25, 0.3) is 0 Å². The first-order chi connectivity index (χ1) is 10.2. The maximum Gasteiger partial charge on any atom is 0.245 e. The molecule has 4 rings (SSSR count). The molecule has 3 atom stereocenters. The fourth-order valence-electron chi connectivity index (χ4n) is 4.26. The number of rotatable bonds is 2. The van der Waals surface area contributed by atoms with Gasteiger partial charge in [0.15, 0.2) is 0 Å². The molecule has 4 aliphatic rings. The summed E-state index contributed by atoms with van der Waals surface area (Å²) < 4.78 is 5.93. The van der Waals surface area contributed by atoms with Crippen molar-refractivity contribution >= 4 is 11.8 Å². The molecule has 0 spiro atoms. The van der Waals surface area contributed by atoms with Crippen molar-refractivity contribution in [2.45, 2.75) is 43.9 Å². The number of hydrogen-bond donors (Lipinski definition) is 0. The van der Waals surface area contributed by atoms with E-state index in [1.807, 2.05) is 0 Å². The molecule has 4 fully saturated rings. The second kappa shape index (κ2) is 5.25. The van der Waals surface area contributed by atoms with E-state index in [9.17, 15) is 9.59 Å². The van der Waals surface area contributed by atoms with Crippen LogP contribution in [0.4, 0.5) is 0 Å². The van der Waals surface area contributed by atoms with Gasteiger partial charge in [0.2, 0.25) is 11.8 Å². The Labute approximate surface area is 125 Å². The van der Waals surface area contributed by atoms with Gasteiger partial charge in [0.25, 0.3) is 0 Å². The molecule has 2 amide bonds. The molecule has 4 aliphatic heterocycles. The highest BCUT2D eigenvalue weighted by Gasteiger charge is 2.43. The van der Waals surface area contributed by atoms with Gasteiger partial charge in [-0.25, -0.2) is 0 Å². The highest BCUT2D eigenvalue weighted by atomic mass is 16.5. The maximum absolute atomic E-state index is 12.5. The fourth-order valence-corrected chi connectivity index (χ4v) is 4.26. The molecule has 116 valence electrons. The van der Waals surface area contributed by atoms with Crippen LogP contribution in [-0.2, 0) is 14.3 Å². The highest BCUT2D eigenvalue weighted by molar-refractivity contribution is 5.95. The molecule has 0 aromatic heterocycles. The highest BCUT2D eigenvalue weighted by Crippen LogP contribution is 2.26. The summed E-state index contributed by atoms with van der Waals surface area (Å²) in [6.45, 7) is 4.37. The number of carbonyl (C=O) groups excluding carboxylic acids is 2. The number of fused-ring (bicyclic) bond motifs is 2. The molecule has 4 saturated heterocycles. The summed E-state index contributed by atoms with van der Waals surface area (Å²) in [4.78, 5) is 30.6. The van der Waals surface area contributed by atoms with E-state index in [2.05, 4.69) is 4.90 Å². The van der Waals surface area contributed by atoms with Crippen molar-refractivity contribution < 1.29 is 14.3 Å². The third-order valence-corrected chi connectivity index (χ3v) is 5.38. The first kappa shape index (κ1) is 13.5. The molecule has 0 saturated carbocycles. The second-order valence-electron chi connectivity index (χ2n) is 6.71.